The second kappa shape index (κ2) is 8.46. The van der Waals surface area contributed by atoms with Gasteiger partial charge in [-0.3, -0.25) is 4.79 Å². The number of thiazole rings is 1. The average molecular weight is 371 g/mol. The third-order valence-corrected chi connectivity index (χ3v) is 4.87. The Morgan fingerprint density at radius 2 is 1.92 bits per heavy atom. The molecule has 0 unspecified atom stereocenters. The van der Waals surface area contributed by atoms with Gasteiger partial charge >= 0.3 is 0 Å². The largest absolute Gasteiger partial charge is 0.317 e. The molecular weight excluding hydrogens is 354 g/mol. The number of aromatic nitrogens is 1. The normalized spacial score (nSPS) is 15.4. The zero-order valence-electron chi connectivity index (χ0n) is 12.8. The van der Waals surface area contributed by atoms with Crippen LogP contribution in [-0.4, -0.2) is 23.9 Å². The van der Waals surface area contributed by atoms with Crippen LogP contribution in [0.25, 0.3) is 6.08 Å². The van der Waals surface area contributed by atoms with Crippen molar-refractivity contribution in [3.8, 4) is 0 Å². The van der Waals surface area contributed by atoms with E-state index in [2.05, 4.69) is 10.3 Å². The quantitative estimate of drug-likeness (QED) is 0.647. The molecule has 1 fully saturated rings. The summed E-state index contributed by atoms with van der Waals surface area (Å²) in [7, 11) is 0. The number of nitrogens with one attached hydrogen (secondary N) is 1. The third kappa shape index (κ3) is 4.26. The van der Waals surface area contributed by atoms with Gasteiger partial charge < -0.3 is 5.32 Å². The van der Waals surface area contributed by atoms with Gasteiger partial charge in [0.2, 0.25) is 0 Å². The van der Waals surface area contributed by atoms with Crippen LogP contribution in [0.3, 0.4) is 0 Å². The summed E-state index contributed by atoms with van der Waals surface area (Å²) in [5, 5.41) is 6.22. The van der Waals surface area contributed by atoms with E-state index in [4.69, 9.17) is 0 Å². The summed E-state index contributed by atoms with van der Waals surface area (Å²) in [6, 6.07) is 3.38. The first-order chi connectivity index (χ1) is 11.1. The van der Waals surface area contributed by atoms with E-state index in [1.54, 1.807) is 11.3 Å². The number of carbonyl (C=O) groups is 1. The fourth-order valence-corrected chi connectivity index (χ4v) is 3.57. The minimum absolute atomic E-state index is 0. The van der Waals surface area contributed by atoms with Crippen molar-refractivity contribution in [1.82, 2.24) is 10.3 Å². The van der Waals surface area contributed by atoms with Crippen LogP contribution in [-0.2, 0) is 0 Å². The number of nitrogens with zero attached hydrogens (tertiary/aromatic N) is 1. The van der Waals surface area contributed by atoms with Crippen molar-refractivity contribution < 1.29 is 13.6 Å². The van der Waals surface area contributed by atoms with Crippen LogP contribution in [0.1, 0.15) is 39.8 Å². The van der Waals surface area contributed by atoms with E-state index in [0.29, 0.717) is 11.6 Å². The van der Waals surface area contributed by atoms with Gasteiger partial charge in [-0.05, 0) is 50.2 Å². The van der Waals surface area contributed by atoms with E-state index in [1.807, 2.05) is 5.38 Å². The zero-order valence-corrected chi connectivity index (χ0v) is 14.4. The Balaban J connectivity index is 0.00000208. The van der Waals surface area contributed by atoms with Gasteiger partial charge in [0.25, 0.3) is 0 Å². The first kappa shape index (κ1) is 18.7. The lowest BCUT2D eigenvalue weighted by Crippen LogP contribution is -2.26. The van der Waals surface area contributed by atoms with E-state index in [1.165, 1.54) is 18.2 Å². The Labute approximate surface area is 149 Å². The molecule has 128 valence electrons. The molecule has 3 rings (SSSR count). The number of piperidine rings is 1. The van der Waals surface area contributed by atoms with Crippen LogP contribution in [0.2, 0.25) is 0 Å². The van der Waals surface area contributed by atoms with E-state index < -0.39 is 23.0 Å². The van der Waals surface area contributed by atoms with E-state index in [0.717, 1.165) is 43.1 Å². The summed E-state index contributed by atoms with van der Waals surface area (Å²) in [5.74, 6) is -1.96. The maximum Gasteiger partial charge on any atom is 0.191 e. The van der Waals surface area contributed by atoms with E-state index in [9.17, 15) is 13.6 Å². The van der Waals surface area contributed by atoms with Gasteiger partial charge in [-0.15, -0.1) is 23.7 Å². The van der Waals surface area contributed by atoms with Crippen LogP contribution in [0, 0.1) is 11.6 Å². The molecule has 0 atom stereocenters. The highest BCUT2D eigenvalue weighted by Crippen LogP contribution is 2.28. The van der Waals surface area contributed by atoms with Gasteiger partial charge in [0.1, 0.15) is 11.6 Å². The van der Waals surface area contributed by atoms with Crippen molar-refractivity contribution in [3.05, 3.63) is 57.6 Å². The number of hydrogen-bond acceptors (Lipinski definition) is 4. The number of benzene rings is 1. The topological polar surface area (TPSA) is 42.0 Å². The van der Waals surface area contributed by atoms with Crippen molar-refractivity contribution in [3.63, 3.8) is 0 Å². The molecule has 1 aromatic heterocycles. The van der Waals surface area contributed by atoms with Gasteiger partial charge in [-0.25, -0.2) is 13.8 Å². The minimum Gasteiger partial charge on any atom is -0.317 e. The SMILES string of the molecule is Cl.O=C(C=Cc1csc(C2CCNCC2)n1)c1c(F)cccc1F. The van der Waals surface area contributed by atoms with Gasteiger partial charge in [0, 0.05) is 11.3 Å². The molecule has 0 aliphatic carbocycles. The van der Waals surface area contributed by atoms with Crippen molar-refractivity contribution in [2.24, 2.45) is 0 Å². The summed E-state index contributed by atoms with van der Waals surface area (Å²) in [6.07, 6.45) is 4.78. The zero-order chi connectivity index (χ0) is 16.2. The van der Waals surface area contributed by atoms with E-state index in [-0.39, 0.29) is 12.4 Å². The lowest BCUT2D eigenvalue weighted by Gasteiger charge is -2.20. The monoisotopic (exact) mass is 370 g/mol. The molecule has 0 radical (unpaired) electrons. The summed E-state index contributed by atoms with van der Waals surface area (Å²) < 4.78 is 27.1. The van der Waals surface area contributed by atoms with Crippen molar-refractivity contribution in [1.29, 1.82) is 0 Å². The molecule has 2 aromatic rings. The molecule has 24 heavy (non-hydrogen) atoms. The Morgan fingerprint density at radius 1 is 1.25 bits per heavy atom. The maximum absolute atomic E-state index is 13.6. The number of carbonyl (C=O) groups excluding carboxylic acids is 1. The minimum atomic E-state index is -0.853. The first-order valence-electron chi connectivity index (χ1n) is 7.47. The summed E-state index contributed by atoms with van der Waals surface area (Å²) in [5.41, 5.74) is 0.117. The number of hydrogen-bond donors (Lipinski definition) is 1. The van der Waals surface area contributed by atoms with Crippen LogP contribution in [0.5, 0.6) is 0 Å². The van der Waals surface area contributed by atoms with Crippen molar-refractivity contribution in [2.45, 2.75) is 18.8 Å². The molecule has 1 aromatic carbocycles. The van der Waals surface area contributed by atoms with Gasteiger partial charge in [-0.1, -0.05) is 6.07 Å². The first-order valence-corrected chi connectivity index (χ1v) is 8.35. The van der Waals surface area contributed by atoms with Gasteiger partial charge in [-0.2, -0.15) is 0 Å². The van der Waals surface area contributed by atoms with Gasteiger partial charge in [0.05, 0.1) is 16.3 Å². The molecule has 1 saturated heterocycles. The van der Waals surface area contributed by atoms with Crippen molar-refractivity contribution >= 4 is 35.6 Å². The number of ketones is 1. The Morgan fingerprint density at radius 3 is 2.58 bits per heavy atom. The summed E-state index contributed by atoms with van der Waals surface area (Å²) >= 11 is 1.56. The highest BCUT2D eigenvalue weighted by atomic mass is 35.5. The molecule has 1 aliphatic heterocycles. The molecule has 3 nitrogen and oxygen atoms in total. The lowest BCUT2D eigenvalue weighted by molar-refractivity contribution is 0.104. The van der Waals surface area contributed by atoms with Crippen LogP contribution >= 0.6 is 23.7 Å². The summed E-state index contributed by atoms with van der Waals surface area (Å²) in [6.45, 7) is 1.97. The standard InChI is InChI=1S/C17H16F2N2OS.ClH/c18-13-2-1-3-14(19)16(13)15(22)5-4-12-10-23-17(21-12)11-6-8-20-9-7-11;/h1-5,10-11,20H,6-9H2;1H. The maximum atomic E-state index is 13.6. The predicted molar refractivity (Wildman–Crippen MR) is 93.9 cm³/mol. The molecule has 1 aliphatic rings. The molecule has 0 bridgehead atoms. The molecule has 2 heterocycles. The number of rotatable bonds is 4. The molecule has 0 spiro atoms. The Hall–Kier alpha value is -1.63. The Kier molecular flexibility index (Phi) is 6.60. The van der Waals surface area contributed by atoms with Gasteiger partial charge in [0.15, 0.2) is 5.78 Å². The fourth-order valence-electron chi connectivity index (χ4n) is 2.61. The Bertz CT molecular complexity index is 722. The second-order valence-electron chi connectivity index (χ2n) is 5.43. The average Bonchev–Trinajstić information content (AvgIpc) is 3.02. The lowest BCUT2D eigenvalue weighted by atomic mass is 9.99. The molecule has 1 N–H and O–H groups in total. The predicted octanol–water partition coefficient (Wildman–Crippen LogP) is 4.21. The highest BCUT2D eigenvalue weighted by Gasteiger charge is 2.18. The van der Waals surface area contributed by atoms with Crippen LogP contribution < -0.4 is 5.32 Å². The molecule has 0 saturated carbocycles. The van der Waals surface area contributed by atoms with Crippen molar-refractivity contribution in [2.75, 3.05) is 13.1 Å². The molecular formula is C17H17ClF2N2OS. The second-order valence-corrected chi connectivity index (χ2v) is 6.32. The smallest absolute Gasteiger partial charge is 0.191 e. The van der Waals surface area contributed by atoms with Crippen LogP contribution in [0.4, 0.5) is 8.78 Å². The molecule has 7 heteroatoms. The number of allylic oxidation sites excluding steroid dienone is 1. The molecule has 0 amide bonds. The fraction of sp³-hybridized carbons (Fsp3) is 0.294. The summed E-state index contributed by atoms with van der Waals surface area (Å²) in [4.78, 5) is 16.5. The highest BCUT2D eigenvalue weighted by molar-refractivity contribution is 7.09. The van der Waals surface area contributed by atoms with Crippen LogP contribution in [0.15, 0.2) is 29.7 Å². The number of halogens is 3. The third-order valence-electron chi connectivity index (χ3n) is 3.84. The van der Waals surface area contributed by atoms with E-state index >= 15 is 0 Å².